The highest BCUT2D eigenvalue weighted by molar-refractivity contribution is 5.96. The molecule has 0 radical (unpaired) electrons. The Hall–Kier alpha value is -1.31. The van der Waals surface area contributed by atoms with Gasteiger partial charge in [-0.15, -0.1) is 0 Å². The minimum atomic E-state index is -0.0314. The van der Waals surface area contributed by atoms with Crippen LogP contribution in [0.1, 0.15) is 63.9 Å². The minimum Gasteiger partial charge on any atom is -0.493 e. The molecule has 0 saturated heterocycles. The molecule has 0 unspecified atom stereocenters. The maximum absolute atomic E-state index is 11.8. The van der Waals surface area contributed by atoms with Crippen LogP contribution >= 0.6 is 0 Å². The highest BCUT2D eigenvalue weighted by Gasteiger charge is 2.21. The van der Waals surface area contributed by atoms with E-state index in [0.29, 0.717) is 18.9 Å². The molecule has 1 aromatic carbocycles. The summed E-state index contributed by atoms with van der Waals surface area (Å²) in [5.74, 6) is 1.57. The van der Waals surface area contributed by atoms with Gasteiger partial charge < -0.3 is 4.74 Å². The fourth-order valence-electron chi connectivity index (χ4n) is 1.88. The Balaban J connectivity index is 3.14. The third-order valence-electron chi connectivity index (χ3n) is 3.00. The Morgan fingerprint density at radius 3 is 2.37 bits per heavy atom. The molecule has 0 spiro atoms. The molecule has 2 heteroatoms. The zero-order chi connectivity index (χ0) is 14.6. The van der Waals surface area contributed by atoms with Crippen molar-refractivity contribution in [1.82, 2.24) is 0 Å². The van der Waals surface area contributed by atoms with Crippen LogP contribution in [-0.4, -0.2) is 12.4 Å². The second-order valence-electron chi connectivity index (χ2n) is 6.44. The molecule has 0 fully saturated rings. The first kappa shape index (κ1) is 15.7. The Labute approximate surface area is 117 Å². The van der Waals surface area contributed by atoms with Gasteiger partial charge in [0.1, 0.15) is 5.75 Å². The third-order valence-corrected chi connectivity index (χ3v) is 3.00. The molecule has 0 saturated carbocycles. The summed E-state index contributed by atoms with van der Waals surface area (Å²) in [4.78, 5) is 11.8. The van der Waals surface area contributed by atoms with E-state index in [9.17, 15) is 4.79 Å². The second kappa shape index (κ2) is 6.23. The quantitative estimate of drug-likeness (QED) is 0.724. The number of Topliss-reactive ketones (excluding diaryl/α,β-unsaturated/α-hetero) is 1. The van der Waals surface area contributed by atoms with Crippen LogP contribution in [0.3, 0.4) is 0 Å². The van der Waals surface area contributed by atoms with Gasteiger partial charge in [0.2, 0.25) is 0 Å². The largest absolute Gasteiger partial charge is 0.493 e. The number of hydrogen-bond acceptors (Lipinski definition) is 2. The smallest absolute Gasteiger partial charge is 0.162 e. The van der Waals surface area contributed by atoms with Gasteiger partial charge in [-0.1, -0.05) is 41.5 Å². The van der Waals surface area contributed by atoms with Crippen LogP contribution in [0.4, 0.5) is 0 Å². The predicted octanol–water partition coefficient (Wildman–Crippen LogP) is 4.61. The molecule has 2 nitrogen and oxygen atoms in total. The fraction of sp³-hybridized carbons (Fsp3) is 0.588. The van der Waals surface area contributed by atoms with E-state index in [0.717, 1.165) is 16.9 Å². The Bertz CT molecular complexity index is 439. The van der Waals surface area contributed by atoms with Gasteiger partial charge >= 0.3 is 0 Å². The lowest BCUT2D eigenvalue weighted by atomic mass is 9.85. The van der Waals surface area contributed by atoms with Crippen molar-refractivity contribution < 1.29 is 9.53 Å². The van der Waals surface area contributed by atoms with Gasteiger partial charge in [-0.2, -0.15) is 0 Å². The lowest BCUT2D eigenvalue weighted by Crippen LogP contribution is -2.16. The predicted molar refractivity (Wildman–Crippen MR) is 80.1 cm³/mol. The Morgan fingerprint density at radius 2 is 1.89 bits per heavy atom. The van der Waals surface area contributed by atoms with Crippen LogP contribution in [0.5, 0.6) is 5.75 Å². The molecule has 0 aliphatic carbocycles. The first-order valence-corrected chi connectivity index (χ1v) is 7.06. The molecule has 0 aliphatic rings. The Kier molecular flexibility index (Phi) is 5.16. The molecule has 0 bridgehead atoms. The molecule has 0 aromatic heterocycles. The molecule has 0 N–H and O–H groups in total. The number of benzene rings is 1. The maximum Gasteiger partial charge on any atom is 0.162 e. The van der Waals surface area contributed by atoms with Crippen molar-refractivity contribution in [2.75, 3.05) is 6.61 Å². The number of rotatable bonds is 5. The molecule has 0 aliphatic heterocycles. The lowest BCUT2D eigenvalue weighted by molar-refractivity contribution is 0.0988. The van der Waals surface area contributed by atoms with Crippen LogP contribution in [0.2, 0.25) is 0 Å². The van der Waals surface area contributed by atoms with Crippen molar-refractivity contribution >= 4 is 5.78 Å². The molecule has 1 aromatic rings. The SMILES string of the molecule is CCC(=O)c1ccc(OCC(C)C)c(C(C)(C)C)c1. The average molecular weight is 262 g/mol. The molecular formula is C17H26O2. The normalized spacial score (nSPS) is 11.7. The van der Waals surface area contributed by atoms with Crippen molar-refractivity contribution in [3.05, 3.63) is 29.3 Å². The van der Waals surface area contributed by atoms with Gasteiger partial charge in [-0.05, 0) is 29.5 Å². The second-order valence-corrected chi connectivity index (χ2v) is 6.44. The minimum absolute atomic E-state index is 0.0314. The van der Waals surface area contributed by atoms with Crippen LogP contribution in [0.15, 0.2) is 18.2 Å². The molecule has 19 heavy (non-hydrogen) atoms. The summed E-state index contributed by atoms with van der Waals surface area (Å²) >= 11 is 0. The first-order valence-electron chi connectivity index (χ1n) is 7.06. The molecule has 1 rings (SSSR count). The molecule has 0 heterocycles. The molecule has 0 amide bonds. The lowest BCUT2D eigenvalue weighted by Gasteiger charge is -2.24. The summed E-state index contributed by atoms with van der Waals surface area (Å²) in [5.41, 5.74) is 1.85. The van der Waals surface area contributed by atoms with Gasteiger partial charge in [0.05, 0.1) is 6.61 Å². The zero-order valence-corrected chi connectivity index (χ0v) is 13.0. The summed E-state index contributed by atoms with van der Waals surface area (Å²) in [7, 11) is 0. The van der Waals surface area contributed by atoms with Gasteiger partial charge in [0, 0.05) is 17.5 Å². The number of carbonyl (C=O) groups excluding carboxylic acids is 1. The third kappa shape index (κ3) is 4.38. The van der Waals surface area contributed by atoms with Gasteiger partial charge in [-0.3, -0.25) is 4.79 Å². The van der Waals surface area contributed by atoms with E-state index >= 15 is 0 Å². The van der Waals surface area contributed by atoms with Crippen LogP contribution in [0.25, 0.3) is 0 Å². The van der Waals surface area contributed by atoms with E-state index in [-0.39, 0.29) is 11.2 Å². The summed E-state index contributed by atoms with van der Waals surface area (Å²) in [5, 5.41) is 0. The van der Waals surface area contributed by atoms with Crippen LogP contribution < -0.4 is 4.74 Å². The fourth-order valence-corrected chi connectivity index (χ4v) is 1.88. The monoisotopic (exact) mass is 262 g/mol. The van der Waals surface area contributed by atoms with Gasteiger partial charge in [0.25, 0.3) is 0 Å². The van der Waals surface area contributed by atoms with E-state index in [1.54, 1.807) is 0 Å². The topological polar surface area (TPSA) is 26.3 Å². The molecule has 0 atom stereocenters. The number of ether oxygens (including phenoxy) is 1. The number of hydrogen-bond donors (Lipinski definition) is 0. The number of carbonyl (C=O) groups is 1. The van der Waals surface area contributed by atoms with Gasteiger partial charge in [-0.25, -0.2) is 0 Å². The summed E-state index contributed by atoms with van der Waals surface area (Å²) in [6.07, 6.45) is 0.537. The average Bonchev–Trinajstić information content (AvgIpc) is 2.34. The van der Waals surface area contributed by atoms with Crippen molar-refractivity contribution in [2.24, 2.45) is 5.92 Å². The van der Waals surface area contributed by atoms with E-state index in [2.05, 4.69) is 34.6 Å². The van der Waals surface area contributed by atoms with Crippen molar-refractivity contribution in [3.63, 3.8) is 0 Å². The summed E-state index contributed by atoms with van der Waals surface area (Å²) < 4.78 is 5.88. The molecular weight excluding hydrogens is 236 g/mol. The zero-order valence-electron chi connectivity index (χ0n) is 13.0. The van der Waals surface area contributed by atoms with Crippen molar-refractivity contribution in [1.29, 1.82) is 0 Å². The summed E-state index contributed by atoms with van der Waals surface area (Å²) in [6, 6.07) is 5.80. The maximum atomic E-state index is 11.8. The Morgan fingerprint density at radius 1 is 1.26 bits per heavy atom. The van der Waals surface area contributed by atoms with E-state index < -0.39 is 0 Å². The standard InChI is InChI=1S/C17H26O2/c1-7-15(18)13-8-9-16(19-11-12(2)3)14(10-13)17(4,5)6/h8-10,12H,7,11H2,1-6H3. The van der Waals surface area contributed by atoms with Gasteiger partial charge in [0.15, 0.2) is 5.78 Å². The first-order chi connectivity index (χ1) is 8.75. The van der Waals surface area contributed by atoms with E-state index in [4.69, 9.17) is 4.74 Å². The highest BCUT2D eigenvalue weighted by atomic mass is 16.5. The van der Waals surface area contributed by atoms with Crippen LogP contribution in [0, 0.1) is 5.92 Å². The highest BCUT2D eigenvalue weighted by Crippen LogP contribution is 2.32. The summed E-state index contributed by atoms with van der Waals surface area (Å²) in [6.45, 7) is 13.3. The van der Waals surface area contributed by atoms with Crippen molar-refractivity contribution in [2.45, 2.75) is 53.4 Å². The van der Waals surface area contributed by atoms with Crippen molar-refractivity contribution in [3.8, 4) is 5.75 Å². The number of ketones is 1. The van der Waals surface area contributed by atoms with E-state index in [1.165, 1.54) is 0 Å². The van der Waals surface area contributed by atoms with Crippen LogP contribution in [-0.2, 0) is 5.41 Å². The molecule has 106 valence electrons. The van der Waals surface area contributed by atoms with E-state index in [1.807, 2.05) is 25.1 Å².